The number of hydrogen-bond acceptors (Lipinski definition) is 6. The predicted octanol–water partition coefficient (Wildman–Crippen LogP) is 0.483. The molecule has 0 spiro atoms. The molecule has 1 saturated heterocycles. The number of likely N-dealkylation sites (N-methyl/N-ethyl adjacent to an activating group) is 1. The van der Waals surface area contributed by atoms with Crippen LogP contribution < -0.4 is 5.32 Å². The summed E-state index contributed by atoms with van der Waals surface area (Å²) in [6.07, 6.45) is 4.94. The van der Waals surface area contributed by atoms with Crippen LogP contribution in [0.4, 0.5) is 0 Å². The van der Waals surface area contributed by atoms with Gasteiger partial charge in [0.15, 0.2) is 0 Å². The fourth-order valence-corrected chi connectivity index (χ4v) is 5.80. The number of amides is 2. The quantitative estimate of drug-likeness (QED) is 0.489. The number of sulfonamides is 1. The van der Waals surface area contributed by atoms with E-state index in [0.29, 0.717) is 31.1 Å². The van der Waals surface area contributed by atoms with Gasteiger partial charge in [0, 0.05) is 46.4 Å². The molecule has 0 aromatic heterocycles. The van der Waals surface area contributed by atoms with Gasteiger partial charge in [-0.2, -0.15) is 4.31 Å². The minimum Gasteiger partial charge on any atom is -0.385 e. The van der Waals surface area contributed by atoms with Gasteiger partial charge in [-0.05, 0) is 62.4 Å². The van der Waals surface area contributed by atoms with E-state index >= 15 is 0 Å². The van der Waals surface area contributed by atoms with Crippen molar-refractivity contribution in [2.24, 2.45) is 0 Å². The third kappa shape index (κ3) is 6.99. The van der Waals surface area contributed by atoms with Crippen LogP contribution in [-0.4, -0.2) is 101 Å². The summed E-state index contributed by atoms with van der Waals surface area (Å²) in [5.74, 6) is -0.238. The standard InChI is InChI=1S/C23H36N4O5S/c1-25(17-22(28)24-10-5-15-32-2)18-23(29)26-11-13-27(14-12-26)33(30,31)21-9-8-19-6-3-4-7-20(19)16-21/h8-9,16H,3-7,10-15,17-18H2,1-2H3,(H,24,28). The second kappa shape index (κ2) is 11.9. The molecule has 2 aliphatic rings. The van der Waals surface area contributed by atoms with E-state index in [1.807, 2.05) is 12.1 Å². The minimum atomic E-state index is -3.57. The monoisotopic (exact) mass is 480 g/mol. The lowest BCUT2D eigenvalue weighted by molar-refractivity contribution is -0.133. The van der Waals surface area contributed by atoms with Crippen molar-refractivity contribution in [2.75, 3.05) is 66.6 Å². The Hall–Kier alpha value is -2.01. The molecule has 184 valence electrons. The van der Waals surface area contributed by atoms with Crippen molar-refractivity contribution in [3.8, 4) is 0 Å². The van der Waals surface area contributed by atoms with Crippen molar-refractivity contribution in [2.45, 2.75) is 37.0 Å². The third-order valence-corrected chi connectivity index (χ3v) is 8.11. The van der Waals surface area contributed by atoms with Crippen LogP contribution in [0.1, 0.15) is 30.4 Å². The van der Waals surface area contributed by atoms with Gasteiger partial charge in [0.1, 0.15) is 0 Å². The highest BCUT2D eigenvalue weighted by atomic mass is 32.2. The maximum Gasteiger partial charge on any atom is 0.243 e. The number of hydrogen-bond donors (Lipinski definition) is 1. The Kier molecular flexibility index (Phi) is 9.25. The lowest BCUT2D eigenvalue weighted by atomic mass is 9.92. The number of methoxy groups -OCH3 is 1. The first-order valence-corrected chi connectivity index (χ1v) is 13.1. The van der Waals surface area contributed by atoms with Gasteiger partial charge in [0.2, 0.25) is 21.8 Å². The van der Waals surface area contributed by atoms with E-state index in [9.17, 15) is 18.0 Å². The number of fused-ring (bicyclic) bond motifs is 1. The highest BCUT2D eigenvalue weighted by Crippen LogP contribution is 2.26. The zero-order valence-electron chi connectivity index (χ0n) is 19.7. The summed E-state index contributed by atoms with van der Waals surface area (Å²) in [7, 11) is -0.232. The van der Waals surface area contributed by atoms with Crippen LogP contribution in [0.5, 0.6) is 0 Å². The normalized spacial score (nSPS) is 17.1. The molecule has 0 unspecified atom stereocenters. The number of piperazine rings is 1. The fourth-order valence-electron chi connectivity index (χ4n) is 4.33. The van der Waals surface area contributed by atoms with Crippen LogP contribution in [0.3, 0.4) is 0 Å². The van der Waals surface area contributed by atoms with Gasteiger partial charge in [-0.1, -0.05) is 6.07 Å². The Balaban J connectivity index is 1.47. The zero-order chi connectivity index (χ0) is 23.8. The van der Waals surface area contributed by atoms with Gasteiger partial charge >= 0.3 is 0 Å². The van der Waals surface area contributed by atoms with E-state index in [0.717, 1.165) is 37.7 Å². The first-order chi connectivity index (χ1) is 15.8. The summed E-state index contributed by atoms with van der Waals surface area (Å²) in [6.45, 7) is 2.61. The Labute approximate surface area is 197 Å². The lowest BCUT2D eigenvalue weighted by Gasteiger charge is -2.35. The molecule has 0 bridgehead atoms. The maximum atomic E-state index is 13.1. The van der Waals surface area contributed by atoms with Gasteiger partial charge in [-0.25, -0.2) is 8.42 Å². The van der Waals surface area contributed by atoms with Crippen LogP contribution in [-0.2, 0) is 37.2 Å². The predicted molar refractivity (Wildman–Crippen MR) is 125 cm³/mol. The van der Waals surface area contributed by atoms with Gasteiger partial charge < -0.3 is 15.0 Å². The van der Waals surface area contributed by atoms with E-state index in [-0.39, 0.29) is 38.0 Å². The molecule has 0 saturated carbocycles. The smallest absolute Gasteiger partial charge is 0.243 e. The molecule has 2 amide bonds. The Bertz CT molecular complexity index is 929. The number of carbonyl (C=O) groups is 2. The molecule has 1 aromatic carbocycles. The highest BCUT2D eigenvalue weighted by Gasteiger charge is 2.31. The zero-order valence-corrected chi connectivity index (χ0v) is 20.5. The number of nitrogens with one attached hydrogen (secondary N) is 1. The van der Waals surface area contributed by atoms with Crippen LogP contribution in [0.2, 0.25) is 0 Å². The number of nitrogens with zero attached hydrogens (tertiary/aromatic N) is 3. The molecule has 1 aromatic rings. The summed E-state index contributed by atoms with van der Waals surface area (Å²) < 4.78 is 32.7. The number of ether oxygens (including phenoxy) is 1. The topological polar surface area (TPSA) is 99.3 Å². The minimum absolute atomic E-state index is 0.101. The molecular weight excluding hydrogens is 444 g/mol. The van der Waals surface area contributed by atoms with Crippen molar-refractivity contribution in [1.29, 1.82) is 0 Å². The van der Waals surface area contributed by atoms with Gasteiger partial charge in [-0.3, -0.25) is 14.5 Å². The largest absolute Gasteiger partial charge is 0.385 e. The number of carbonyl (C=O) groups excluding carboxylic acids is 2. The average Bonchev–Trinajstić information content (AvgIpc) is 2.81. The summed E-state index contributed by atoms with van der Waals surface area (Å²) >= 11 is 0. The molecule has 1 N–H and O–H groups in total. The third-order valence-electron chi connectivity index (χ3n) is 6.22. The van der Waals surface area contributed by atoms with Crippen molar-refractivity contribution in [1.82, 2.24) is 19.4 Å². The summed E-state index contributed by atoms with van der Waals surface area (Å²) in [6, 6.07) is 5.49. The van der Waals surface area contributed by atoms with E-state index in [1.165, 1.54) is 9.87 Å². The highest BCUT2D eigenvalue weighted by molar-refractivity contribution is 7.89. The van der Waals surface area contributed by atoms with Crippen LogP contribution in [0.25, 0.3) is 0 Å². The lowest BCUT2D eigenvalue weighted by Crippen LogP contribution is -2.52. The molecule has 10 heteroatoms. The van der Waals surface area contributed by atoms with Gasteiger partial charge in [0.05, 0.1) is 18.0 Å². The van der Waals surface area contributed by atoms with Crippen LogP contribution >= 0.6 is 0 Å². The molecule has 9 nitrogen and oxygen atoms in total. The number of benzene rings is 1. The molecule has 3 rings (SSSR count). The van der Waals surface area contributed by atoms with Crippen molar-refractivity contribution >= 4 is 21.8 Å². The fraction of sp³-hybridized carbons (Fsp3) is 0.652. The van der Waals surface area contributed by atoms with Crippen LogP contribution in [0, 0.1) is 0 Å². The molecule has 0 radical (unpaired) electrons. The SMILES string of the molecule is COCCCNC(=O)CN(C)CC(=O)N1CCN(S(=O)(=O)c2ccc3c(c2)CCCC3)CC1. The second-order valence-electron chi connectivity index (χ2n) is 8.79. The van der Waals surface area contributed by atoms with Crippen molar-refractivity contribution < 1.29 is 22.7 Å². The molecule has 1 aliphatic heterocycles. The molecule has 33 heavy (non-hydrogen) atoms. The van der Waals surface area contributed by atoms with E-state index in [2.05, 4.69) is 5.32 Å². The first kappa shape index (κ1) is 25.6. The van der Waals surface area contributed by atoms with E-state index in [4.69, 9.17) is 4.74 Å². The van der Waals surface area contributed by atoms with Crippen molar-refractivity contribution in [3.63, 3.8) is 0 Å². The van der Waals surface area contributed by atoms with Gasteiger partial charge in [-0.15, -0.1) is 0 Å². The molecule has 0 atom stereocenters. The summed E-state index contributed by atoms with van der Waals surface area (Å²) in [5.41, 5.74) is 2.39. The first-order valence-electron chi connectivity index (χ1n) is 11.6. The Morgan fingerprint density at radius 2 is 1.76 bits per heavy atom. The van der Waals surface area contributed by atoms with E-state index in [1.54, 1.807) is 30.0 Å². The van der Waals surface area contributed by atoms with Gasteiger partial charge in [0.25, 0.3) is 0 Å². The molecular formula is C23H36N4O5S. The number of rotatable bonds is 10. The maximum absolute atomic E-state index is 13.1. The Morgan fingerprint density at radius 1 is 1.06 bits per heavy atom. The molecule has 1 fully saturated rings. The molecule has 1 heterocycles. The van der Waals surface area contributed by atoms with Crippen molar-refractivity contribution in [3.05, 3.63) is 29.3 Å². The van der Waals surface area contributed by atoms with E-state index < -0.39 is 10.0 Å². The Morgan fingerprint density at radius 3 is 2.45 bits per heavy atom. The van der Waals surface area contributed by atoms with Crippen LogP contribution in [0.15, 0.2) is 23.1 Å². The number of aryl methyl sites for hydroxylation is 2. The second-order valence-corrected chi connectivity index (χ2v) is 10.7. The summed E-state index contributed by atoms with van der Waals surface area (Å²) in [5, 5.41) is 2.80. The summed E-state index contributed by atoms with van der Waals surface area (Å²) in [4.78, 5) is 28.3. The molecule has 1 aliphatic carbocycles. The average molecular weight is 481 g/mol.